The number of carbonyl (C=O) groups excluding carboxylic acids is 1. The Morgan fingerprint density at radius 1 is 0.667 bits per heavy atom. The zero-order valence-electron chi connectivity index (χ0n) is 29.7. The van der Waals surface area contributed by atoms with Gasteiger partial charge in [0.2, 0.25) is 0 Å². The molecule has 0 saturated carbocycles. The Balaban J connectivity index is 0.000000186. The molecule has 0 aliphatic carbocycles. The number of ether oxygens (including phenoxy) is 3. The average Bonchev–Trinajstić information content (AvgIpc) is 3.58. The quantitative estimate of drug-likeness (QED) is 0.421. The van der Waals surface area contributed by atoms with Crippen molar-refractivity contribution in [3.8, 4) is 11.5 Å². The summed E-state index contributed by atoms with van der Waals surface area (Å²) < 4.78 is 17.6. The summed E-state index contributed by atoms with van der Waals surface area (Å²) in [6, 6.07) is 0. The van der Waals surface area contributed by atoms with E-state index >= 15 is 0 Å². The molecule has 4 aliphatic heterocycles. The maximum Gasteiger partial charge on any atom is 0.410 e. The van der Waals surface area contributed by atoms with Crippen LogP contribution in [-0.2, 0) is 17.6 Å². The number of piperazine rings is 2. The number of amides is 1. The van der Waals surface area contributed by atoms with Crippen molar-refractivity contribution in [3.05, 3.63) is 44.5 Å². The monoisotopic (exact) mass is 620 g/mol. The Morgan fingerprint density at radius 2 is 1.09 bits per heavy atom. The van der Waals surface area contributed by atoms with E-state index in [9.17, 15) is 4.79 Å². The molecule has 1 amide bonds. The molecule has 8 nitrogen and oxygen atoms in total. The highest BCUT2D eigenvalue weighted by atomic mass is 16.6. The summed E-state index contributed by atoms with van der Waals surface area (Å²) in [6.45, 7) is 30.7. The van der Waals surface area contributed by atoms with Crippen LogP contribution in [0.1, 0.15) is 79.1 Å². The first kappa shape index (κ1) is 33.2. The van der Waals surface area contributed by atoms with Crippen LogP contribution in [-0.4, -0.2) is 81.2 Å². The fourth-order valence-corrected chi connectivity index (χ4v) is 7.48. The second-order valence-electron chi connectivity index (χ2n) is 14.5. The van der Waals surface area contributed by atoms with Crippen LogP contribution in [0.15, 0.2) is 0 Å². The third-order valence-electron chi connectivity index (χ3n) is 9.98. The summed E-state index contributed by atoms with van der Waals surface area (Å²) in [5.74, 6) is 2.24. The predicted molar refractivity (Wildman–Crippen MR) is 184 cm³/mol. The molecule has 0 spiro atoms. The summed E-state index contributed by atoms with van der Waals surface area (Å²) in [5.41, 5.74) is 13.1. The van der Waals surface area contributed by atoms with Gasteiger partial charge in [-0.3, -0.25) is 0 Å². The van der Waals surface area contributed by atoms with Crippen molar-refractivity contribution in [1.82, 2.24) is 10.2 Å². The van der Waals surface area contributed by atoms with Gasteiger partial charge in [-0.1, -0.05) is 0 Å². The topological polar surface area (TPSA) is 66.5 Å². The third-order valence-corrected chi connectivity index (χ3v) is 9.98. The number of fused-ring (bicyclic) bond motifs is 2. The molecule has 0 radical (unpaired) electrons. The number of anilines is 2. The molecule has 2 aromatic rings. The molecular formula is C37H56N4O4. The van der Waals surface area contributed by atoms with E-state index in [1.54, 1.807) is 0 Å². The molecule has 2 fully saturated rings. The van der Waals surface area contributed by atoms with Gasteiger partial charge in [-0.15, -0.1) is 0 Å². The van der Waals surface area contributed by atoms with Crippen molar-refractivity contribution in [2.45, 2.75) is 107 Å². The second-order valence-corrected chi connectivity index (χ2v) is 14.5. The number of nitrogens with one attached hydrogen (secondary N) is 1. The molecule has 45 heavy (non-hydrogen) atoms. The van der Waals surface area contributed by atoms with Gasteiger partial charge in [0.1, 0.15) is 29.3 Å². The Hall–Kier alpha value is -3.13. The molecule has 2 saturated heterocycles. The van der Waals surface area contributed by atoms with Crippen LogP contribution in [0.4, 0.5) is 16.2 Å². The largest absolute Gasteiger partial charge is 0.490 e. The van der Waals surface area contributed by atoms with E-state index in [1.165, 1.54) is 55.9 Å². The Morgan fingerprint density at radius 3 is 1.51 bits per heavy atom. The minimum absolute atomic E-state index is 0.210. The first-order chi connectivity index (χ1) is 21.2. The van der Waals surface area contributed by atoms with Crippen LogP contribution < -0.4 is 24.6 Å². The molecule has 1 N–H and O–H groups in total. The number of rotatable bonds is 2. The van der Waals surface area contributed by atoms with Gasteiger partial charge in [-0.05, 0) is 110 Å². The van der Waals surface area contributed by atoms with Crippen molar-refractivity contribution in [2.75, 3.05) is 62.2 Å². The summed E-state index contributed by atoms with van der Waals surface area (Å²) >= 11 is 0. The van der Waals surface area contributed by atoms with Crippen molar-refractivity contribution in [1.29, 1.82) is 0 Å². The first-order valence-corrected chi connectivity index (χ1v) is 16.9. The number of hydrogen-bond acceptors (Lipinski definition) is 7. The minimum atomic E-state index is -0.449. The lowest BCUT2D eigenvalue weighted by atomic mass is 9.94. The lowest BCUT2D eigenvalue weighted by Crippen LogP contribution is -2.50. The standard InChI is InChI=1S/C21H32N2O3.C16H24N2O/c1-13-12-17-16(4)18(14(2)15(3)19(17)25-13)22-8-10-23(11-9-22)20(24)26-21(5,6)7;1-10-9-14-13(4)15(18-7-5-17-6-8-18)11(2)12(3)16(14)19-10/h13H,8-12H2,1-7H3;10,17H,5-9H2,1-4H3. The molecule has 6 rings (SSSR count). The molecule has 4 aliphatic rings. The highest BCUT2D eigenvalue weighted by Crippen LogP contribution is 2.44. The first-order valence-electron chi connectivity index (χ1n) is 16.9. The van der Waals surface area contributed by atoms with Gasteiger partial charge in [0, 0.05) is 87.7 Å². The average molecular weight is 621 g/mol. The summed E-state index contributed by atoms with van der Waals surface area (Å²) in [7, 11) is 0. The van der Waals surface area contributed by atoms with E-state index in [1.807, 2.05) is 25.7 Å². The Labute approximate surface area is 271 Å². The lowest BCUT2D eigenvalue weighted by molar-refractivity contribution is 0.0240. The number of carbonyl (C=O) groups is 1. The summed E-state index contributed by atoms with van der Waals surface area (Å²) in [4.78, 5) is 19.1. The SMILES string of the molecule is Cc1c(C)c(N2CCN(C(=O)OC(C)(C)C)CC2)c(C)c2c1OC(C)C2.Cc1c(C)c(N2CCNCC2)c(C)c2c1OC(C)C2. The molecule has 0 bridgehead atoms. The predicted octanol–water partition coefficient (Wildman–Crippen LogP) is 6.34. The van der Waals surface area contributed by atoms with Crippen molar-refractivity contribution >= 4 is 17.5 Å². The van der Waals surface area contributed by atoms with Crippen LogP contribution in [0.5, 0.6) is 11.5 Å². The van der Waals surface area contributed by atoms with Crippen LogP contribution in [0.2, 0.25) is 0 Å². The normalized spacial score (nSPS) is 21.0. The van der Waals surface area contributed by atoms with E-state index in [-0.39, 0.29) is 12.2 Å². The van der Waals surface area contributed by atoms with Gasteiger partial charge < -0.3 is 34.2 Å². The number of hydrogen-bond donors (Lipinski definition) is 1. The summed E-state index contributed by atoms with van der Waals surface area (Å²) in [6.07, 6.45) is 2.40. The van der Waals surface area contributed by atoms with Crippen LogP contribution in [0.25, 0.3) is 0 Å². The van der Waals surface area contributed by atoms with Gasteiger partial charge in [-0.25, -0.2) is 4.79 Å². The van der Waals surface area contributed by atoms with Crippen LogP contribution in [0.3, 0.4) is 0 Å². The van der Waals surface area contributed by atoms with E-state index in [0.717, 1.165) is 63.6 Å². The molecule has 0 aromatic heterocycles. The molecule has 2 aromatic carbocycles. The molecule has 248 valence electrons. The Bertz CT molecular complexity index is 1430. The smallest absolute Gasteiger partial charge is 0.410 e. The van der Waals surface area contributed by atoms with Gasteiger partial charge in [0.15, 0.2) is 0 Å². The van der Waals surface area contributed by atoms with Crippen molar-refractivity contribution in [3.63, 3.8) is 0 Å². The van der Waals surface area contributed by atoms with Gasteiger partial charge in [0.05, 0.1) is 0 Å². The Kier molecular flexibility index (Phi) is 9.55. The van der Waals surface area contributed by atoms with Gasteiger partial charge in [0.25, 0.3) is 0 Å². The molecule has 8 heteroatoms. The second kappa shape index (κ2) is 12.9. The fraction of sp³-hybridized carbons (Fsp3) is 0.649. The number of benzene rings is 2. The molecule has 4 heterocycles. The maximum atomic E-state index is 12.3. The van der Waals surface area contributed by atoms with Crippen LogP contribution >= 0.6 is 0 Å². The van der Waals surface area contributed by atoms with Crippen molar-refractivity contribution in [2.24, 2.45) is 0 Å². The highest BCUT2D eigenvalue weighted by Gasteiger charge is 2.32. The van der Waals surface area contributed by atoms with Crippen LogP contribution in [0, 0.1) is 41.5 Å². The van der Waals surface area contributed by atoms with E-state index in [0.29, 0.717) is 19.2 Å². The lowest BCUT2D eigenvalue weighted by Gasteiger charge is -2.38. The van der Waals surface area contributed by atoms with E-state index < -0.39 is 5.60 Å². The maximum absolute atomic E-state index is 12.3. The fourth-order valence-electron chi connectivity index (χ4n) is 7.48. The highest BCUT2D eigenvalue weighted by molar-refractivity contribution is 5.72. The number of nitrogens with zero attached hydrogens (tertiary/aromatic N) is 3. The van der Waals surface area contributed by atoms with Gasteiger partial charge >= 0.3 is 6.09 Å². The van der Waals surface area contributed by atoms with Gasteiger partial charge in [-0.2, -0.15) is 0 Å². The van der Waals surface area contributed by atoms with Crippen molar-refractivity contribution < 1.29 is 19.0 Å². The molecule has 2 atom stereocenters. The third kappa shape index (κ3) is 6.72. The molecule has 2 unspecified atom stereocenters. The zero-order valence-corrected chi connectivity index (χ0v) is 29.7. The summed E-state index contributed by atoms with van der Waals surface area (Å²) in [5, 5.41) is 3.43. The van der Waals surface area contributed by atoms with E-state index in [2.05, 4.69) is 70.5 Å². The van der Waals surface area contributed by atoms with E-state index in [4.69, 9.17) is 14.2 Å². The minimum Gasteiger partial charge on any atom is -0.490 e. The molecular weight excluding hydrogens is 564 g/mol. The zero-order chi connectivity index (χ0) is 32.8.